The molecule has 0 saturated carbocycles. The summed E-state index contributed by atoms with van der Waals surface area (Å²) in [7, 11) is 1.33. The zero-order valence-electron chi connectivity index (χ0n) is 8.99. The topological polar surface area (TPSA) is 55.8 Å². The Bertz CT molecular complexity index is 285. The van der Waals surface area contributed by atoms with E-state index in [1.54, 1.807) is 13.0 Å². The first-order chi connectivity index (χ1) is 7.19. The number of carbonyl (C=O) groups is 2. The molecule has 1 aliphatic rings. The van der Waals surface area contributed by atoms with Crippen molar-refractivity contribution >= 4 is 12.1 Å². The van der Waals surface area contributed by atoms with Crippen molar-refractivity contribution in [2.24, 2.45) is 0 Å². The Kier molecular flexibility index (Phi) is 4.15. The minimum absolute atomic E-state index is 0.269. The molecule has 15 heavy (non-hydrogen) atoms. The minimum Gasteiger partial charge on any atom is -0.466 e. The van der Waals surface area contributed by atoms with Crippen LogP contribution in [0.3, 0.4) is 0 Å². The number of amides is 1. The van der Waals surface area contributed by atoms with Crippen LogP contribution in [0.15, 0.2) is 11.6 Å². The second-order valence-electron chi connectivity index (χ2n) is 3.13. The van der Waals surface area contributed by atoms with Gasteiger partial charge in [-0.2, -0.15) is 0 Å². The number of hydrogen-bond acceptors (Lipinski definition) is 4. The van der Waals surface area contributed by atoms with Crippen LogP contribution in [0.2, 0.25) is 0 Å². The van der Waals surface area contributed by atoms with Gasteiger partial charge in [0.05, 0.1) is 25.8 Å². The smallest absolute Gasteiger partial charge is 0.410 e. The van der Waals surface area contributed by atoms with Crippen molar-refractivity contribution < 1.29 is 19.1 Å². The molecule has 5 heteroatoms. The van der Waals surface area contributed by atoms with Gasteiger partial charge >= 0.3 is 12.1 Å². The van der Waals surface area contributed by atoms with Crippen molar-refractivity contribution in [2.45, 2.75) is 13.3 Å². The molecule has 0 radical (unpaired) electrons. The van der Waals surface area contributed by atoms with Crippen LogP contribution < -0.4 is 0 Å². The van der Waals surface area contributed by atoms with E-state index in [-0.39, 0.29) is 18.6 Å². The van der Waals surface area contributed by atoms with Gasteiger partial charge in [0.25, 0.3) is 0 Å². The van der Waals surface area contributed by atoms with E-state index in [2.05, 4.69) is 4.74 Å². The Labute approximate surface area is 88.6 Å². The number of nitrogens with zero attached hydrogens (tertiary/aromatic N) is 1. The van der Waals surface area contributed by atoms with E-state index in [0.29, 0.717) is 25.1 Å². The number of hydrogen-bond donors (Lipinski definition) is 0. The van der Waals surface area contributed by atoms with E-state index >= 15 is 0 Å². The van der Waals surface area contributed by atoms with Crippen LogP contribution >= 0.6 is 0 Å². The van der Waals surface area contributed by atoms with Crippen molar-refractivity contribution in [2.75, 3.05) is 26.8 Å². The van der Waals surface area contributed by atoms with Gasteiger partial charge in [-0.05, 0) is 13.3 Å². The molecule has 0 bridgehead atoms. The quantitative estimate of drug-likeness (QED) is 0.641. The molecule has 0 aromatic rings. The standard InChI is InChI=1S/C10H15NO4/c1-3-15-10(13)11-6-4-5-8(7-11)9(12)14-2/h5H,3-4,6-7H2,1-2H3. The third-order valence-corrected chi connectivity index (χ3v) is 2.12. The number of carbonyl (C=O) groups excluding carboxylic acids is 2. The fraction of sp³-hybridized carbons (Fsp3) is 0.600. The SMILES string of the molecule is CCOC(=O)N1CCC=C(C(=O)OC)C1. The summed E-state index contributed by atoms with van der Waals surface area (Å²) >= 11 is 0. The normalized spacial score (nSPS) is 15.6. The third-order valence-electron chi connectivity index (χ3n) is 2.12. The highest BCUT2D eigenvalue weighted by Gasteiger charge is 2.22. The van der Waals surface area contributed by atoms with Crippen molar-refractivity contribution in [3.05, 3.63) is 11.6 Å². The molecule has 0 N–H and O–H groups in total. The Hall–Kier alpha value is -1.52. The first-order valence-corrected chi connectivity index (χ1v) is 4.88. The zero-order chi connectivity index (χ0) is 11.3. The van der Waals surface area contributed by atoms with Gasteiger partial charge in [0.1, 0.15) is 0 Å². The van der Waals surface area contributed by atoms with E-state index in [9.17, 15) is 9.59 Å². The van der Waals surface area contributed by atoms with E-state index < -0.39 is 0 Å². The molecule has 0 aromatic heterocycles. The molecule has 0 unspecified atom stereocenters. The van der Waals surface area contributed by atoms with Gasteiger partial charge in [-0.3, -0.25) is 0 Å². The van der Waals surface area contributed by atoms with E-state index in [1.807, 2.05) is 0 Å². The maximum atomic E-state index is 11.4. The average Bonchev–Trinajstić information content (AvgIpc) is 2.28. The van der Waals surface area contributed by atoms with Crippen molar-refractivity contribution in [3.8, 4) is 0 Å². The molecular formula is C10H15NO4. The molecule has 1 heterocycles. The van der Waals surface area contributed by atoms with Crippen LogP contribution in [0.1, 0.15) is 13.3 Å². The second kappa shape index (κ2) is 5.38. The van der Waals surface area contributed by atoms with E-state index in [4.69, 9.17) is 4.74 Å². The lowest BCUT2D eigenvalue weighted by Gasteiger charge is -2.25. The van der Waals surface area contributed by atoms with E-state index in [0.717, 1.165) is 0 Å². The molecule has 0 saturated heterocycles. The largest absolute Gasteiger partial charge is 0.466 e. The molecule has 0 aliphatic carbocycles. The summed E-state index contributed by atoms with van der Waals surface area (Å²) < 4.78 is 9.44. The summed E-state index contributed by atoms with van der Waals surface area (Å²) in [4.78, 5) is 24.1. The van der Waals surface area contributed by atoms with Gasteiger partial charge < -0.3 is 14.4 Å². The maximum Gasteiger partial charge on any atom is 0.410 e. The van der Waals surface area contributed by atoms with Crippen molar-refractivity contribution in [1.29, 1.82) is 0 Å². The lowest BCUT2D eigenvalue weighted by Crippen LogP contribution is -2.37. The molecule has 1 amide bonds. The van der Waals surface area contributed by atoms with Crippen LogP contribution in [0, 0.1) is 0 Å². The summed E-state index contributed by atoms with van der Waals surface area (Å²) in [5.41, 5.74) is 0.511. The lowest BCUT2D eigenvalue weighted by molar-refractivity contribution is -0.136. The lowest BCUT2D eigenvalue weighted by atomic mass is 10.1. The summed E-state index contributed by atoms with van der Waals surface area (Å²) in [5, 5.41) is 0. The van der Waals surface area contributed by atoms with Crippen LogP contribution in [0.5, 0.6) is 0 Å². The Morgan fingerprint density at radius 1 is 1.53 bits per heavy atom. The predicted octanol–water partition coefficient (Wildman–Crippen LogP) is 0.948. The highest BCUT2D eigenvalue weighted by atomic mass is 16.6. The van der Waals surface area contributed by atoms with E-state index in [1.165, 1.54) is 12.0 Å². The Balaban J connectivity index is 2.57. The molecule has 84 valence electrons. The molecule has 1 rings (SSSR count). The number of rotatable bonds is 2. The molecule has 0 fully saturated rings. The van der Waals surface area contributed by atoms with Crippen LogP contribution in [0.25, 0.3) is 0 Å². The van der Waals surface area contributed by atoms with Crippen molar-refractivity contribution in [1.82, 2.24) is 4.90 Å². The summed E-state index contributed by atoms with van der Waals surface area (Å²) in [6.45, 7) is 2.94. The first-order valence-electron chi connectivity index (χ1n) is 4.88. The number of methoxy groups -OCH3 is 1. The minimum atomic E-state index is -0.385. The average molecular weight is 213 g/mol. The molecule has 5 nitrogen and oxygen atoms in total. The zero-order valence-corrected chi connectivity index (χ0v) is 8.99. The first kappa shape index (κ1) is 11.6. The van der Waals surface area contributed by atoms with Gasteiger partial charge in [-0.1, -0.05) is 6.08 Å². The molecule has 1 aliphatic heterocycles. The predicted molar refractivity (Wildman–Crippen MR) is 53.3 cm³/mol. The Morgan fingerprint density at radius 2 is 2.27 bits per heavy atom. The van der Waals surface area contributed by atoms with Gasteiger partial charge in [0.2, 0.25) is 0 Å². The number of ether oxygens (including phenoxy) is 2. The summed E-state index contributed by atoms with van der Waals surface area (Å²) in [6.07, 6.45) is 2.07. The fourth-order valence-corrected chi connectivity index (χ4v) is 1.39. The molecular weight excluding hydrogens is 198 g/mol. The molecule has 0 spiro atoms. The van der Waals surface area contributed by atoms with Gasteiger partial charge in [0, 0.05) is 6.54 Å². The highest BCUT2D eigenvalue weighted by molar-refractivity contribution is 5.89. The second-order valence-corrected chi connectivity index (χ2v) is 3.13. The highest BCUT2D eigenvalue weighted by Crippen LogP contribution is 2.11. The maximum absolute atomic E-state index is 11.4. The van der Waals surface area contributed by atoms with Crippen molar-refractivity contribution in [3.63, 3.8) is 0 Å². The van der Waals surface area contributed by atoms with Gasteiger partial charge in [0.15, 0.2) is 0 Å². The summed E-state index contributed by atoms with van der Waals surface area (Å²) in [5.74, 6) is -0.385. The fourth-order valence-electron chi connectivity index (χ4n) is 1.39. The Morgan fingerprint density at radius 3 is 2.87 bits per heavy atom. The van der Waals surface area contributed by atoms with Gasteiger partial charge in [-0.15, -0.1) is 0 Å². The van der Waals surface area contributed by atoms with Crippen LogP contribution in [-0.4, -0.2) is 43.8 Å². The summed E-state index contributed by atoms with van der Waals surface area (Å²) in [6, 6.07) is 0. The molecule has 0 aromatic carbocycles. The number of esters is 1. The van der Waals surface area contributed by atoms with Gasteiger partial charge in [-0.25, -0.2) is 9.59 Å². The monoisotopic (exact) mass is 213 g/mol. The van der Waals surface area contributed by atoms with Crippen LogP contribution in [0.4, 0.5) is 4.79 Å². The molecule has 0 atom stereocenters. The third kappa shape index (κ3) is 2.97. The van der Waals surface area contributed by atoms with Crippen LogP contribution in [-0.2, 0) is 14.3 Å².